The molecule has 3 aromatic rings. The minimum Gasteiger partial charge on any atom is -0.293 e. The molecule has 3 aromatic carbocycles. The summed E-state index contributed by atoms with van der Waals surface area (Å²) in [5.74, 6) is -1.13. The Labute approximate surface area is 176 Å². The lowest BCUT2D eigenvalue weighted by molar-refractivity contribution is 0.0717. The summed E-state index contributed by atoms with van der Waals surface area (Å²) in [5.41, 5.74) is -0.311. The number of hydrogen-bond donors (Lipinski definition) is 0. The van der Waals surface area contributed by atoms with E-state index in [-0.39, 0.29) is 17.3 Å². The maximum absolute atomic E-state index is 13.7. The zero-order valence-electron chi connectivity index (χ0n) is 15.7. The Balaban J connectivity index is 1.72. The van der Waals surface area contributed by atoms with Crippen LogP contribution in [0.3, 0.4) is 0 Å². The quantitative estimate of drug-likeness (QED) is 0.395. The highest BCUT2D eigenvalue weighted by Crippen LogP contribution is 2.78. The first-order valence-electron chi connectivity index (χ1n) is 9.48. The highest BCUT2D eigenvalue weighted by atomic mass is 79.9. The maximum Gasteiger partial charge on any atom is 0.179 e. The van der Waals surface area contributed by atoms with Gasteiger partial charge in [0.05, 0.1) is 5.41 Å². The molecule has 0 heterocycles. The second kappa shape index (κ2) is 6.07. The van der Waals surface area contributed by atoms with Crippen LogP contribution in [0.4, 0.5) is 0 Å². The molecule has 2 unspecified atom stereocenters. The van der Waals surface area contributed by atoms with E-state index in [0.717, 1.165) is 10.0 Å². The molecule has 0 radical (unpaired) electrons. The van der Waals surface area contributed by atoms with E-state index in [2.05, 4.69) is 15.9 Å². The Morgan fingerprint density at radius 1 is 0.793 bits per heavy atom. The average Bonchev–Trinajstić information content (AvgIpc) is 3.27. The topological polar surface area (TPSA) is 51.2 Å². The van der Waals surface area contributed by atoms with E-state index in [0.29, 0.717) is 16.7 Å². The summed E-state index contributed by atoms with van der Waals surface area (Å²) in [4.78, 5) is 40.9. The molecule has 4 heteroatoms. The van der Waals surface area contributed by atoms with E-state index < -0.39 is 16.7 Å². The van der Waals surface area contributed by atoms with Crippen molar-refractivity contribution in [2.24, 2.45) is 10.8 Å². The zero-order chi connectivity index (χ0) is 20.4. The van der Waals surface area contributed by atoms with Gasteiger partial charge in [-0.2, -0.15) is 0 Å². The van der Waals surface area contributed by atoms with E-state index in [9.17, 15) is 14.4 Å². The largest absolute Gasteiger partial charge is 0.293 e. The van der Waals surface area contributed by atoms with Crippen LogP contribution in [0, 0.1) is 10.8 Å². The molecule has 2 aliphatic rings. The number of carbonyl (C=O) groups is 3. The van der Waals surface area contributed by atoms with Crippen molar-refractivity contribution in [3.8, 4) is 0 Å². The molecule has 0 N–H and O–H groups in total. The zero-order valence-corrected chi connectivity index (χ0v) is 17.3. The first kappa shape index (κ1) is 18.2. The third kappa shape index (κ3) is 2.15. The monoisotopic (exact) mass is 444 g/mol. The number of hydrogen-bond acceptors (Lipinski definition) is 3. The van der Waals surface area contributed by atoms with Crippen molar-refractivity contribution in [2.45, 2.75) is 12.8 Å². The molecule has 2 atom stereocenters. The second-order valence-corrected chi connectivity index (χ2v) is 8.81. The molecular formula is C25H17BrO3. The van der Waals surface area contributed by atoms with Gasteiger partial charge in [-0.15, -0.1) is 0 Å². The maximum atomic E-state index is 13.7. The van der Waals surface area contributed by atoms with Crippen molar-refractivity contribution in [3.63, 3.8) is 0 Å². The van der Waals surface area contributed by atoms with Crippen molar-refractivity contribution < 1.29 is 14.4 Å². The Bertz CT molecular complexity index is 1150. The van der Waals surface area contributed by atoms with Gasteiger partial charge in [-0.25, -0.2) is 0 Å². The molecule has 1 fully saturated rings. The number of fused-ring (bicyclic) bond motifs is 1. The van der Waals surface area contributed by atoms with Gasteiger partial charge in [0.1, 0.15) is 5.41 Å². The van der Waals surface area contributed by atoms with Crippen LogP contribution in [0.15, 0.2) is 83.3 Å². The molecule has 0 saturated heterocycles. The third-order valence-electron chi connectivity index (χ3n) is 6.59. The van der Waals surface area contributed by atoms with Gasteiger partial charge in [0.15, 0.2) is 17.3 Å². The van der Waals surface area contributed by atoms with Crippen molar-refractivity contribution in [1.82, 2.24) is 0 Å². The van der Waals surface area contributed by atoms with Crippen LogP contribution in [0.5, 0.6) is 0 Å². The third-order valence-corrected chi connectivity index (χ3v) is 7.12. The minimum absolute atomic E-state index is 0.173. The summed E-state index contributed by atoms with van der Waals surface area (Å²) >= 11 is 3.39. The number of benzene rings is 3. The molecule has 0 aliphatic heterocycles. The van der Waals surface area contributed by atoms with E-state index in [1.165, 1.54) is 0 Å². The first-order chi connectivity index (χ1) is 13.9. The first-order valence-corrected chi connectivity index (χ1v) is 10.3. The van der Waals surface area contributed by atoms with Crippen LogP contribution in [-0.2, 0) is 0 Å². The number of halogens is 1. The fourth-order valence-electron chi connectivity index (χ4n) is 5.20. The van der Waals surface area contributed by atoms with Gasteiger partial charge in [0.2, 0.25) is 0 Å². The Morgan fingerprint density at radius 2 is 1.31 bits per heavy atom. The lowest BCUT2D eigenvalue weighted by Gasteiger charge is -2.14. The molecule has 5 rings (SSSR count). The molecule has 142 valence electrons. The number of carbonyl (C=O) groups excluding carboxylic acids is 3. The summed E-state index contributed by atoms with van der Waals surface area (Å²) in [6.45, 7) is 1.77. The highest BCUT2D eigenvalue weighted by molar-refractivity contribution is 9.10. The van der Waals surface area contributed by atoms with Gasteiger partial charge < -0.3 is 0 Å². The van der Waals surface area contributed by atoms with Gasteiger partial charge in [-0.05, 0) is 17.7 Å². The van der Waals surface area contributed by atoms with E-state index in [1.54, 1.807) is 55.5 Å². The summed E-state index contributed by atoms with van der Waals surface area (Å²) in [6, 6.07) is 23.4. The lowest BCUT2D eigenvalue weighted by Crippen LogP contribution is -2.29. The summed E-state index contributed by atoms with van der Waals surface area (Å²) in [5, 5.41) is 0. The summed E-state index contributed by atoms with van der Waals surface area (Å²) < 4.78 is 0.866. The number of ketones is 3. The molecule has 0 aromatic heterocycles. The molecule has 0 amide bonds. The van der Waals surface area contributed by atoms with E-state index in [1.807, 2.05) is 30.3 Å². The summed E-state index contributed by atoms with van der Waals surface area (Å²) in [7, 11) is 0. The van der Waals surface area contributed by atoms with E-state index in [4.69, 9.17) is 0 Å². The van der Waals surface area contributed by atoms with E-state index >= 15 is 0 Å². The molecule has 1 spiro atoms. The lowest BCUT2D eigenvalue weighted by atomic mass is 9.84. The number of Topliss-reactive ketones (excluding diaryl/α,β-unsaturated/α-hetero) is 3. The molecule has 2 aliphatic carbocycles. The predicted octanol–water partition coefficient (Wildman–Crippen LogP) is 5.50. The fraction of sp³-hybridized carbons (Fsp3) is 0.160. The van der Waals surface area contributed by atoms with Crippen molar-refractivity contribution in [1.29, 1.82) is 0 Å². The molecule has 29 heavy (non-hydrogen) atoms. The second-order valence-electron chi connectivity index (χ2n) is 7.89. The Morgan fingerprint density at radius 3 is 1.86 bits per heavy atom. The Kier molecular flexibility index (Phi) is 3.81. The van der Waals surface area contributed by atoms with Gasteiger partial charge in [-0.3, -0.25) is 14.4 Å². The van der Waals surface area contributed by atoms with Crippen molar-refractivity contribution in [3.05, 3.63) is 106 Å². The van der Waals surface area contributed by atoms with Crippen LogP contribution in [-0.4, -0.2) is 17.3 Å². The van der Waals surface area contributed by atoms with Gasteiger partial charge in [0, 0.05) is 27.1 Å². The SMILES string of the molecule is CC1(C(=O)c2ccc(Br)cc2)C(c2ccccc2)C12C(=O)c1ccccc1C2=O. The normalized spacial score (nSPS) is 23.9. The standard InChI is InChI=1S/C25H17BrO3/c1-24(21(27)16-11-13-17(26)14-12-16)20(15-7-3-2-4-8-15)25(24)22(28)18-9-5-6-10-19(18)23(25)29/h2-14,20H,1H3. The highest BCUT2D eigenvalue weighted by Gasteiger charge is 2.86. The van der Waals surface area contributed by atoms with Gasteiger partial charge in [0.25, 0.3) is 0 Å². The predicted molar refractivity (Wildman–Crippen MR) is 113 cm³/mol. The van der Waals surface area contributed by atoms with Crippen molar-refractivity contribution in [2.75, 3.05) is 0 Å². The van der Waals surface area contributed by atoms with Crippen molar-refractivity contribution >= 4 is 33.3 Å². The van der Waals surface area contributed by atoms with Crippen LogP contribution >= 0.6 is 15.9 Å². The summed E-state index contributed by atoms with van der Waals surface area (Å²) in [6.07, 6.45) is 0. The average molecular weight is 445 g/mol. The molecule has 3 nitrogen and oxygen atoms in total. The number of rotatable bonds is 3. The van der Waals surface area contributed by atoms with Crippen LogP contribution in [0.25, 0.3) is 0 Å². The van der Waals surface area contributed by atoms with Crippen LogP contribution in [0.2, 0.25) is 0 Å². The minimum atomic E-state index is -1.37. The van der Waals surface area contributed by atoms with Gasteiger partial charge >= 0.3 is 0 Å². The van der Waals surface area contributed by atoms with Crippen LogP contribution in [0.1, 0.15) is 49.5 Å². The molecule has 1 saturated carbocycles. The van der Waals surface area contributed by atoms with Gasteiger partial charge in [-0.1, -0.05) is 89.6 Å². The fourth-order valence-corrected chi connectivity index (χ4v) is 5.46. The molecule has 0 bridgehead atoms. The van der Waals surface area contributed by atoms with Crippen LogP contribution < -0.4 is 0 Å². The molecular weight excluding hydrogens is 428 g/mol. The Hall–Kier alpha value is -2.85. The smallest absolute Gasteiger partial charge is 0.179 e.